The number of rotatable bonds is 3. The molecule has 0 saturated heterocycles. The minimum Gasteiger partial charge on any atom is -0.464 e. The summed E-state index contributed by atoms with van der Waals surface area (Å²) in [5.74, 6) is 0.479. The molecule has 0 atom stereocenters. The molecule has 0 amide bonds. The zero-order valence-corrected chi connectivity index (χ0v) is 11.7. The van der Waals surface area contributed by atoms with E-state index in [0.29, 0.717) is 11.5 Å². The van der Waals surface area contributed by atoms with Crippen LogP contribution < -0.4 is 0 Å². The molecule has 0 aliphatic heterocycles. The van der Waals surface area contributed by atoms with Crippen LogP contribution in [0.15, 0.2) is 24.3 Å². The Hall–Kier alpha value is -2.10. The zero-order chi connectivity index (χ0) is 14.0. The van der Waals surface area contributed by atoms with Crippen LogP contribution in [0.25, 0.3) is 11.4 Å². The van der Waals surface area contributed by atoms with Crippen LogP contribution >= 0.6 is 0 Å². The van der Waals surface area contributed by atoms with Gasteiger partial charge >= 0.3 is 5.97 Å². The van der Waals surface area contributed by atoms with Gasteiger partial charge in [-0.25, -0.2) is 9.78 Å². The van der Waals surface area contributed by atoms with Crippen LogP contribution in [0.1, 0.15) is 41.5 Å². The Kier molecular flexibility index (Phi) is 3.69. The lowest BCUT2D eigenvalue weighted by atomic mass is 10.1. The lowest BCUT2D eigenvalue weighted by Gasteiger charge is -2.03. The molecule has 4 heteroatoms. The Morgan fingerprint density at radius 2 is 2.11 bits per heavy atom. The third kappa shape index (κ3) is 2.67. The van der Waals surface area contributed by atoms with Gasteiger partial charge in [0.05, 0.1) is 12.8 Å². The first-order valence-corrected chi connectivity index (χ1v) is 6.28. The fourth-order valence-electron chi connectivity index (χ4n) is 1.99. The molecular formula is C15H18N2O2. The highest BCUT2D eigenvalue weighted by Gasteiger charge is 2.20. The number of ether oxygens (including phenoxy) is 1. The maximum atomic E-state index is 11.7. The van der Waals surface area contributed by atoms with Gasteiger partial charge in [-0.15, -0.1) is 0 Å². The molecule has 4 nitrogen and oxygen atoms in total. The van der Waals surface area contributed by atoms with Gasteiger partial charge in [-0.3, -0.25) is 0 Å². The molecule has 100 valence electrons. The number of aromatic nitrogens is 2. The van der Waals surface area contributed by atoms with Crippen molar-refractivity contribution in [2.24, 2.45) is 0 Å². The lowest BCUT2D eigenvalue weighted by molar-refractivity contribution is 0.0593. The number of H-pyrrole nitrogens is 1. The molecule has 0 aliphatic carbocycles. The molecule has 0 spiro atoms. The van der Waals surface area contributed by atoms with Crippen LogP contribution in [-0.4, -0.2) is 23.0 Å². The molecule has 2 rings (SSSR count). The van der Waals surface area contributed by atoms with Gasteiger partial charge in [-0.05, 0) is 18.9 Å². The summed E-state index contributed by atoms with van der Waals surface area (Å²) >= 11 is 0. The summed E-state index contributed by atoms with van der Waals surface area (Å²) in [5.41, 5.74) is 3.30. The normalized spacial score (nSPS) is 10.8. The number of aromatic amines is 1. The van der Waals surface area contributed by atoms with E-state index in [2.05, 4.69) is 9.97 Å². The number of hydrogen-bond acceptors (Lipinski definition) is 3. The molecule has 0 saturated carbocycles. The van der Waals surface area contributed by atoms with Crippen molar-refractivity contribution >= 4 is 5.97 Å². The number of carbonyl (C=O) groups excluding carboxylic acids is 1. The summed E-state index contributed by atoms with van der Waals surface area (Å²) in [7, 11) is 1.37. The van der Waals surface area contributed by atoms with Gasteiger partial charge < -0.3 is 9.72 Å². The van der Waals surface area contributed by atoms with Crippen LogP contribution in [0.4, 0.5) is 0 Å². The number of nitrogens with zero attached hydrogens (tertiary/aromatic N) is 1. The largest absolute Gasteiger partial charge is 0.464 e. The summed E-state index contributed by atoms with van der Waals surface area (Å²) in [4.78, 5) is 19.4. The minimum absolute atomic E-state index is 0.181. The molecule has 0 unspecified atom stereocenters. The molecule has 0 fully saturated rings. The SMILES string of the molecule is COC(=O)c1nc(-c2cccc(C)c2)[nH]c1C(C)C. The predicted octanol–water partition coefficient (Wildman–Crippen LogP) is 3.30. The second-order valence-electron chi connectivity index (χ2n) is 4.86. The Morgan fingerprint density at radius 1 is 1.37 bits per heavy atom. The van der Waals surface area contributed by atoms with E-state index in [4.69, 9.17) is 4.74 Å². The third-order valence-corrected chi connectivity index (χ3v) is 2.98. The second kappa shape index (κ2) is 5.26. The molecule has 0 radical (unpaired) electrons. The number of hydrogen-bond donors (Lipinski definition) is 1. The molecule has 2 aromatic rings. The Morgan fingerprint density at radius 3 is 2.68 bits per heavy atom. The van der Waals surface area contributed by atoms with Crippen LogP contribution in [0.5, 0.6) is 0 Å². The van der Waals surface area contributed by atoms with Gasteiger partial charge in [0.25, 0.3) is 0 Å². The maximum Gasteiger partial charge on any atom is 0.358 e. The van der Waals surface area contributed by atoms with E-state index < -0.39 is 5.97 Å². The molecule has 1 N–H and O–H groups in total. The number of nitrogens with one attached hydrogen (secondary N) is 1. The van der Waals surface area contributed by atoms with E-state index in [-0.39, 0.29) is 5.92 Å². The predicted molar refractivity (Wildman–Crippen MR) is 74.2 cm³/mol. The van der Waals surface area contributed by atoms with E-state index in [1.807, 2.05) is 45.0 Å². The first-order chi connectivity index (χ1) is 9.02. The number of esters is 1. The minimum atomic E-state index is -0.404. The average Bonchev–Trinajstić information content (AvgIpc) is 2.83. The number of benzene rings is 1. The molecule has 1 aromatic heterocycles. The van der Waals surface area contributed by atoms with Crippen molar-refractivity contribution in [1.29, 1.82) is 0 Å². The standard InChI is InChI=1S/C15H18N2O2/c1-9(2)12-13(15(18)19-4)17-14(16-12)11-7-5-6-10(3)8-11/h5-9H,1-4H3,(H,16,17). The number of aryl methyl sites for hydroxylation is 1. The van der Waals surface area contributed by atoms with Gasteiger partial charge in [-0.2, -0.15) is 0 Å². The summed E-state index contributed by atoms with van der Waals surface area (Å²) in [6.07, 6.45) is 0. The van der Waals surface area contributed by atoms with E-state index >= 15 is 0 Å². The van der Waals surface area contributed by atoms with Crippen molar-refractivity contribution in [3.63, 3.8) is 0 Å². The maximum absolute atomic E-state index is 11.7. The molecule has 19 heavy (non-hydrogen) atoms. The van der Waals surface area contributed by atoms with Crippen molar-refractivity contribution in [2.75, 3.05) is 7.11 Å². The lowest BCUT2D eigenvalue weighted by Crippen LogP contribution is -2.06. The van der Waals surface area contributed by atoms with Gasteiger partial charge in [0.1, 0.15) is 5.82 Å². The highest BCUT2D eigenvalue weighted by Crippen LogP contribution is 2.24. The van der Waals surface area contributed by atoms with Crippen molar-refractivity contribution in [1.82, 2.24) is 9.97 Å². The molecule has 0 aliphatic rings. The number of imidazole rings is 1. The van der Waals surface area contributed by atoms with Crippen molar-refractivity contribution < 1.29 is 9.53 Å². The Bertz CT molecular complexity index is 600. The fourth-order valence-corrected chi connectivity index (χ4v) is 1.99. The zero-order valence-electron chi connectivity index (χ0n) is 11.7. The van der Waals surface area contributed by atoms with Crippen molar-refractivity contribution in [2.45, 2.75) is 26.7 Å². The summed E-state index contributed by atoms with van der Waals surface area (Å²) in [6, 6.07) is 8.00. The first kappa shape index (κ1) is 13.3. The topological polar surface area (TPSA) is 55.0 Å². The Labute approximate surface area is 112 Å². The third-order valence-electron chi connectivity index (χ3n) is 2.98. The van der Waals surface area contributed by atoms with E-state index in [1.54, 1.807) is 0 Å². The van der Waals surface area contributed by atoms with Crippen molar-refractivity contribution in [3.8, 4) is 11.4 Å². The number of methoxy groups -OCH3 is 1. The van der Waals surface area contributed by atoms with Crippen LogP contribution in [0.3, 0.4) is 0 Å². The summed E-state index contributed by atoms with van der Waals surface area (Å²) in [5, 5.41) is 0. The van der Waals surface area contributed by atoms with Crippen LogP contribution in [-0.2, 0) is 4.74 Å². The first-order valence-electron chi connectivity index (χ1n) is 6.28. The van der Waals surface area contributed by atoms with Gasteiger partial charge in [-0.1, -0.05) is 37.6 Å². The van der Waals surface area contributed by atoms with Crippen LogP contribution in [0.2, 0.25) is 0 Å². The fraction of sp³-hybridized carbons (Fsp3) is 0.333. The van der Waals surface area contributed by atoms with E-state index in [1.165, 1.54) is 7.11 Å². The quantitative estimate of drug-likeness (QED) is 0.859. The highest BCUT2D eigenvalue weighted by molar-refractivity contribution is 5.89. The molecule has 0 bridgehead atoms. The summed E-state index contributed by atoms with van der Waals surface area (Å²) in [6.45, 7) is 6.05. The van der Waals surface area contributed by atoms with E-state index in [0.717, 1.165) is 16.8 Å². The van der Waals surface area contributed by atoms with E-state index in [9.17, 15) is 4.79 Å². The monoisotopic (exact) mass is 258 g/mol. The second-order valence-corrected chi connectivity index (χ2v) is 4.86. The smallest absolute Gasteiger partial charge is 0.358 e. The Balaban J connectivity index is 2.51. The van der Waals surface area contributed by atoms with Gasteiger partial charge in [0, 0.05) is 5.56 Å². The average molecular weight is 258 g/mol. The summed E-state index contributed by atoms with van der Waals surface area (Å²) < 4.78 is 4.78. The number of carbonyl (C=O) groups is 1. The van der Waals surface area contributed by atoms with Crippen LogP contribution in [0, 0.1) is 6.92 Å². The van der Waals surface area contributed by atoms with Crippen molar-refractivity contribution in [3.05, 3.63) is 41.2 Å². The molecular weight excluding hydrogens is 240 g/mol. The van der Waals surface area contributed by atoms with Gasteiger partial charge in [0.15, 0.2) is 5.69 Å². The molecule has 1 heterocycles. The van der Waals surface area contributed by atoms with Gasteiger partial charge in [0.2, 0.25) is 0 Å². The highest BCUT2D eigenvalue weighted by atomic mass is 16.5. The molecule has 1 aromatic carbocycles.